The highest BCUT2D eigenvalue weighted by molar-refractivity contribution is 6.31. The van der Waals surface area contributed by atoms with Crippen LogP contribution < -0.4 is 5.32 Å². The van der Waals surface area contributed by atoms with E-state index in [-0.39, 0.29) is 5.56 Å². The maximum absolute atomic E-state index is 12.3. The molecule has 0 fully saturated rings. The summed E-state index contributed by atoms with van der Waals surface area (Å²) in [7, 11) is 1.74. The fourth-order valence-corrected chi connectivity index (χ4v) is 1.24. The van der Waals surface area contributed by atoms with Crippen molar-refractivity contribution in [2.45, 2.75) is 13.0 Å². The summed E-state index contributed by atoms with van der Waals surface area (Å²) in [6, 6.07) is 4.26. The quantitative estimate of drug-likeness (QED) is 0.800. The Morgan fingerprint density at radius 1 is 1.46 bits per heavy atom. The molecule has 0 radical (unpaired) electrons. The molecule has 1 aromatic rings. The van der Waals surface area contributed by atoms with Crippen molar-refractivity contribution in [1.29, 1.82) is 0 Å². The molecule has 0 spiro atoms. The molecule has 0 aliphatic carbocycles. The summed E-state index contributed by atoms with van der Waals surface area (Å²) in [6.07, 6.45) is -2.44. The van der Waals surface area contributed by atoms with Gasteiger partial charge < -0.3 is 5.32 Å². The second kappa shape index (κ2) is 4.53. The van der Waals surface area contributed by atoms with Gasteiger partial charge in [-0.05, 0) is 24.7 Å². The summed E-state index contributed by atoms with van der Waals surface area (Å²) in [5, 5.41) is 3.37. The highest BCUT2D eigenvalue weighted by atomic mass is 35.5. The van der Waals surface area contributed by atoms with Crippen LogP contribution in [0.3, 0.4) is 0 Å². The van der Waals surface area contributed by atoms with Gasteiger partial charge in [0.2, 0.25) is 0 Å². The highest BCUT2D eigenvalue weighted by Crippen LogP contribution is 2.24. The molecule has 1 rings (SSSR count). The minimum absolute atomic E-state index is 0.00894. The van der Waals surface area contributed by atoms with E-state index in [9.17, 15) is 8.78 Å². The van der Waals surface area contributed by atoms with E-state index in [2.05, 4.69) is 5.32 Å². The molecule has 72 valence electrons. The Morgan fingerprint density at radius 3 is 2.69 bits per heavy atom. The minimum atomic E-state index is -2.44. The first-order valence-corrected chi connectivity index (χ1v) is 4.24. The van der Waals surface area contributed by atoms with Crippen LogP contribution in [0.1, 0.15) is 17.6 Å². The Kier molecular flexibility index (Phi) is 3.63. The van der Waals surface area contributed by atoms with Gasteiger partial charge in [0.05, 0.1) is 0 Å². The largest absolute Gasteiger partial charge is 0.316 e. The second-order valence-electron chi connectivity index (χ2n) is 2.68. The zero-order chi connectivity index (χ0) is 9.84. The predicted molar refractivity (Wildman–Crippen MR) is 49.2 cm³/mol. The van der Waals surface area contributed by atoms with Crippen LogP contribution in [0, 0.1) is 0 Å². The average molecular weight is 206 g/mol. The first kappa shape index (κ1) is 10.4. The van der Waals surface area contributed by atoms with Gasteiger partial charge in [-0.1, -0.05) is 17.7 Å². The molecule has 1 N–H and O–H groups in total. The maximum Gasteiger partial charge on any atom is 0.263 e. The van der Waals surface area contributed by atoms with Crippen molar-refractivity contribution in [3.8, 4) is 0 Å². The van der Waals surface area contributed by atoms with E-state index < -0.39 is 6.43 Å². The predicted octanol–water partition coefficient (Wildman–Crippen LogP) is 3.00. The summed E-state index contributed by atoms with van der Waals surface area (Å²) in [5.41, 5.74) is 0.705. The van der Waals surface area contributed by atoms with E-state index >= 15 is 0 Å². The number of hydrogen-bond acceptors (Lipinski definition) is 1. The van der Waals surface area contributed by atoms with E-state index in [0.717, 1.165) is 0 Å². The molecule has 0 unspecified atom stereocenters. The van der Waals surface area contributed by atoms with Crippen molar-refractivity contribution in [3.05, 3.63) is 34.3 Å². The topological polar surface area (TPSA) is 12.0 Å². The lowest BCUT2D eigenvalue weighted by atomic mass is 10.1. The lowest BCUT2D eigenvalue weighted by Gasteiger charge is -2.06. The monoisotopic (exact) mass is 205 g/mol. The lowest BCUT2D eigenvalue weighted by Crippen LogP contribution is -2.06. The molecule has 0 atom stereocenters. The Hall–Kier alpha value is -0.670. The van der Waals surface area contributed by atoms with Crippen LogP contribution in [-0.4, -0.2) is 7.05 Å². The van der Waals surface area contributed by atoms with E-state index in [1.54, 1.807) is 7.05 Å². The minimum Gasteiger partial charge on any atom is -0.316 e. The molecule has 0 saturated carbocycles. The van der Waals surface area contributed by atoms with Gasteiger partial charge in [0, 0.05) is 17.1 Å². The van der Waals surface area contributed by atoms with E-state index in [1.807, 2.05) is 0 Å². The summed E-state index contributed by atoms with van der Waals surface area (Å²) < 4.78 is 24.5. The van der Waals surface area contributed by atoms with Crippen LogP contribution >= 0.6 is 11.6 Å². The van der Waals surface area contributed by atoms with Crippen molar-refractivity contribution in [2.75, 3.05) is 7.05 Å². The SMILES string of the molecule is CNCc1cc(C(F)F)ccc1Cl. The Labute approximate surface area is 80.7 Å². The molecule has 1 aromatic carbocycles. The summed E-state index contributed by atoms with van der Waals surface area (Å²) in [6.45, 7) is 0.499. The molecule has 4 heteroatoms. The van der Waals surface area contributed by atoms with Crippen molar-refractivity contribution in [2.24, 2.45) is 0 Å². The van der Waals surface area contributed by atoms with Crippen LogP contribution in [0.15, 0.2) is 18.2 Å². The standard InChI is InChI=1S/C9H10ClF2N/c1-13-5-7-4-6(9(11)12)2-3-8(7)10/h2-4,9,13H,5H2,1H3. The fraction of sp³-hybridized carbons (Fsp3) is 0.333. The summed E-state index contributed by atoms with van der Waals surface area (Å²) in [4.78, 5) is 0. The third-order valence-electron chi connectivity index (χ3n) is 1.69. The van der Waals surface area contributed by atoms with E-state index in [0.29, 0.717) is 17.1 Å². The lowest BCUT2D eigenvalue weighted by molar-refractivity contribution is 0.151. The molecular formula is C9H10ClF2N. The molecule has 0 heterocycles. The van der Waals surface area contributed by atoms with Gasteiger partial charge in [0.15, 0.2) is 0 Å². The average Bonchev–Trinajstić information content (AvgIpc) is 2.08. The van der Waals surface area contributed by atoms with Gasteiger partial charge >= 0.3 is 0 Å². The van der Waals surface area contributed by atoms with Gasteiger partial charge in [0.25, 0.3) is 6.43 Å². The Balaban J connectivity index is 2.97. The number of alkyl halides is 2. The van der Waals surface area contributed by atoms with Gasteiger partial charge in [-0.15, -0.1) is 0 Å². The highest BCUT2D eigenvalue weighted by Gasteiger charge is 2.08. The summed E-state index contributed by atoms with van der Waals surface area (Å²) in [5.74, 6) is 0. The molecule has 0 aromatic heterocycles. The van der Waals surface area contributed by atoms with Crippen LogP contribution in [0.5, 0.6) is 0 Å². The molecule has 1 nitrogen and oxygen atoms in total. The number of halogens is 3. The zero-order valence-corrected chi connectivity index (χ0v) is 7.91. The van der Waals surface area contributed by atoms with Gasteiger partial charge in [0.1, 0.15) is 0 Å². The fourth-order valence-electron chi connectivity index (χ4n) is 1.06. The third-order valence-corrected chi connectivity index (χ3v) is 2.06. The van der Waals surface area contributed by atoms with Crippen molar-refractivity contribution in [1.82, 2.24) is 5.32 Å². The number of nitrogens with one attached hydrogen (secondary N) is 1. The third kappa shape index (κ3) is 2.64. The zero-order valence-electron chi connectivity index (χ0n) is 7.15. The molecule has 13 heavy (non-hydrogen) atoms. The second-order valence-corrected chi connectivity index (χ2v) is 3.09. The van der Waals surface area contributed by atoms with E-state index in [1.165, 1.54) is 18.2 Å². The first-order valence-electron chi connectivity index (χ1n) is 3.86. The van der Waals surface area contributed by atoms with E-state index in [4.69, 9.17) is 11.6 Å². The molecule has 0 bridgehead atoms. The van der Waals surface area contributed by atoms with Crippen LogP contribution in [0.25, 0.3) is 0 Å². The van der Waals surface area contributed by atoms with Crippen LogP contribution in [0.2, 0.25) is 5.02 Å². The normalized spacial score (nSPS) is 10.8. The Bertz CT molecular complexity index is 289. The van der Waals surface area contributed by atoms with Gasteiger partial charge in [-0.2, -0.15) is 0 Å². The molecular weight excluding hydrogens is 196 g/mol. The maximum atomic E-state index is 12.3. The summed E-state index contributed by atoms with van der Waals surface area (Å²) >= 11 is 5.79. The number of benzene rings is 1. The first-order chi connectivity index (χ1) is 6.15. The van der Waals surface area contributed by atoms with Crippen LogP contribution in [-0.2, 0) is 6.54 Å². The number of hydrogen-bond donors (Lipinski definition) is 1. The molecule has 0 aliphatic rings. The van der Waals surface area contributed by atoms with Crippen molar-refractivity contribution < 1.29 is 8.78 Å². The Morgan fingerprint density at radius 2 is 2.15 bits per heavy atom. The molecule has 0 aliphatic heterocycles. The smallest absolute Gasteiger partial charge is 0.263 e. The molecule has 0 amide bonds. The van der Waals surface area contributed by atoms with Crippen LogP contribution in [0.4, 0.5) is 8.78 Å². The number of rotatable bonds is 3. The molecule has 0 saturated heterocycles. The van der Waals surface area contributed by atoms with Crippen molar-refractivity contribution >= 4 is 11.6 Å². The van der Waals surface area contributed by atoms with Crippen molar-refractivity contribution in [3.63, 3.8) is 0 Å². The van der Waals surface area contributed by atoms with Gasteiger partial charge in [-0.3, -0.25) is 0 Å². The van der Waals surface area contributed by atoms with Gasteiger partial charge in [-0.25, -0.2) is 8.78 Å².